The third-order valence-electron chi connectivity index (χ3n) is 1.12. The third kappa shape index (κ3) is 0.337. The van der Waals surface area contributed by atoms with E-state index in [1.165, 1.54) is 0 Å². The lowest BCUT2D eigenvalue weighted by Gasteiger charge is -2.17. The van der Waals surface area contributed by atoms with E-state index < -0.39 is 0 Å². The summed E-state index contributed by atoms with van der Waals surface area (Å²) in [7, 11) is 0. The number of carbonyl (C=O) groups excluding carboxylic acids is 1. The predicted molar refractivity (Wildman–Crippen MR) is 22.2 cm³/mol. The average Bonchev–Trinajstić information content (AvgIpc) is 1.61. The highest BCUT2D eigenvalue weighted by Gasteiger charge is 2.22. The van der Waals surface area contributed by atoms with E-state index in [-0.39, 0.29) is 11.8 Å². The van der Waals surface area contributed by atoms with Crippen molar-refractivity contribution >= 4 is 5.78 Å². The second-order valence-electron chi connectivity index (χ2n) is 1.61. The maximum atomic E-state index is 10.1. The fraction of sp³-hybridized carbons (Fsp3) is 0.750. The quantitative estimate of drug-likeness (QED) is 0.438. The van der Waals surface area contributed by atoms with Crippen molar-refractivity contribution in [1.29, 1.82) is 0 Å². The number of ketones is 1. The molecule has 0 spiro atoms. The summed E-state index contributed by atoms with van der Waals surface area (Å²) in [6, 6.07) is -0.106. The Morgan fingerprint density at radius 3 is 2.33 bits per heavy atom. The molecule has 1 atom stereocenters. The van der Waals surface area contributed by atoms with Crippen LogP contribution in [0.5, 0.6) is 0 Å². The number of rotatable bonds is 0. The van der Waals surface area contributed by atoms with Gasteiger partial charge in [-0.1, -0.05) is 0 Å². The number of hydrogen-bond acceptors (Lipinski definition) is 2. The molecule has 0 saturated heterocycles. The van der Waals surface area contributed by atoms with Gasteiger partial charge in [0.05, 0.1) is 6.04 Å². The van der Waals surface area contributed by atoms with Crippen molar-refractivity contribution in [2.75, 3.05) is 0 Å². The summed E-state index contributed by atoms with van der Waals surface area (Å²) in [6.07, 6.45) is 1.61. The van der Waals surface area contributed by atoms with Gasteiger partial charge in [-0.3, -0.25) is 4.79 Å². The van der Waals surface area contributed by atoms with Crippen LogP contribution in [0, 0.1) is 0 Å². The summed E-state index contributed by atoms with van der Waals surface area (Å²) >= 11 is 0. The normalized spacial score (nSPS) is 32.8. The molecule has 0 aliphatic heterocycles. The highest BCUT2D eigenvalue weighted by atomic mass is 16.1. The van der Waals surface area contributed by atoms with Gasteiger partial charge in [0.1, 0.15) is 5.78 Å². The molecule has 1 saturated carbocycles. The van der Waals surface area contributed by atoms with E-state index >= 15 is 0 Å². The fourth-order valence-electron chi connectivity index (χ4n) is 0.429. The largest absolute Gasteiger partial charge is 0.321 e. The first kappa shape index (κ1) is 3.81. The Balaban J connectivity index is 2.39. The summed E-state index contributed by atoms with van der Waals surface area (Å²) in [5.74, 6) is 0.218. The summed E-state index contributed by atoms with van der Waals surface area (Å²) in [6.45, 7) is 0. The Labute approximate surface area is 36.3 Å². The molecule has 0 amide bonds. The van der Waals surface area contributed by atoms with Crippen LogP contribution in [0.4, 0.5) is 0 Å². The molecule has 0 radical (unpaired) electrons. The van der Waals surface area contributed by atoms with Gasteiger partial charge < -0.3 is 5.73 Å². The molecular weight excluding hydrogens is 78.0 g/mol. The van der Waals surface area contributed by atoms with Crippen molar-refractivity contribution in [1.82, 2.24) is 0 Å². The molecule has 1 fully saturated rings. The van der Waals surface area contributed by atoms with Crippen molar-refractivity contribution in [2.24, 2.45) is 5.73 Å². The summed E-state index contributed by atoms with van der Waals surface area (Å²) in [4.78, 5) is 10.1. The summed E-state index contributed by atoms with van der Waals surface area (Å²) in [5, 5.41) is 0. The second kappa shape index (κ2) is 1.05. The van der Waals surface area contributed by atoms with Crippen LogP contribution in [-0.2, 0) is 4.79 Å². The maximum Gasteiger partial charge on any atom is 0.149 e. The van der Waals surface area contributed by atoms with E-state index in [0.717, 1.165) is 6.42 Å². The van der Waals surface area contributed by atoms with Crippen molar-refractivity contribution in [3.05, 3.63) is 0 Å². The van der Waals surface area contributed by atoms with Gasteiger partial charge in [0.25, 0.3) is 0 Å². The Bertz CT molecular complexity index is 79.6. The van der Waals surface area contributed by atoms with Crippen molar-refractivity contribution in [3.8, 4) is 0 Å². The molecule has 0 aromatic carbocycles. The smallest absolute Gasteiger partial charge is 0.149 e. The number of nitrogens with two attached hydrogens (primary N) is 1. The monoisotopic (exact) mass is 85.1 g/mol. The molecular formula is C4H7NO. The molecule has 2 N–H and O–H groups in total. The molecule has 6 heavy (non-hydrogen) atoms. The van der Waals surface area contributed by atoms with E-state index in [4.69, 9.17) is 5.73 Å². The lowest BCUT2D eigenvalue weighted by Crippen LogP contribution is -2.39. The first-order valence-corrected chi connectivity index (χ1v) is 2.09. The van der Waals surface area contributed by atoms with E-state index in [1.54, 1.807) is 0 Å². The first-order valence-electron chi connectivity index (χ1n) is 2.09. The summed E-state index contributed by atoms with van der Waals surface area (Å²) in [5.41, 5.74) is 5.17. The van der Waals surface area contributed by atoms with Gasteiger partial charge in [0.15, 0.2) is 0 Å². The molecule has 0 unspecified atom stereocenters. The van der Waals surface area contributed by atoms with Gasteiger partial charge in [-0.25, -0.2) is 0 Å². The van der Waals surface area contributed by atoms with Crippen LogP contribution in [0.1, 0.15) is 12.8 Å². The topological polar surface area (TPSA) is 43.1 Å². The Hall–Kier alpha value is -0.370. The van der Waals surface area contributed by atoms with Crippen LogP contribution in [0.25, 0.3) is 0 Å². The maximum absolute atomic E-state index is 10.1. The lowest BCUT2D eigenvalue weighted by atomic mass is 9.93. The highest BCUT2D eigenvalue weighted by molar-refractivity contribution is 5.89. The van der Waals surface area contributed by atoms with E-state index in [0.29, 0.717) is 6.42 Å². The van der Waals surface area contributed by atoms with Crippen LogP contribution < -0.4 is 5.73 Å². The molecule has 1 rings (SSSR count). The predicted octanol–water partition coefficient (Wildman–Crippen LogP) is -0.323. The average molecular weight is 85.1 g/mol. The van der Waals surface area contributed by atoms with Crippen molar-refractivity contribution < 1.29 is 4.79 Å². The van der Waals surface area contributed by atoms with Crippen molar-refractivity contribution in [3.63, 3.8) is 0 Å². The van der Waals surface area contributed by atoms with E-state index in [1.807, 2.05) is 0 Å². The zero-order valence-corrected chi connectivity index (χ0v) is 3.48. The minimum Gasteiger partial charge on any atom is -0.321 e. The van der Waals surface area contributed by atoms with Gasteiger partial charge in [-0.15, -0.1) is 0 Å². The molecule has 0 aromatic rings. The van der Waals surface area contributed by atoms with Gasteiger partial charge in [0.2, 0.25) is 0 Å². The van der Waals surface area contributed by atoms with Crippen LogP contribution in [0.3, 0.4) is 0 Å². The van der Waals surface area contributed by atoms with E-state index in [2.05, 4.69) is 0 Å². The van der Waals surface area contributed by atoms with Crippen LogP contribution in [0.15, 0.2) is 0 Å². The molecule has 34 valence electrons. The Kier molecular flexibility index (Phi) is 0.665. The lowest BCUT2D eigenvalue weighted by molar-refractivity contribution is -0.125. The number of carbonyl (C=O) groups is 1. The van der Waals surface area contributed by atoms with Gasteiger partial charge in [0, 0.05) is 6.42 Å². The Morgan fingerprint density at radius 2 is 2.33 bits per heavy atom. The van der Waals surface area contributed by atoms with Crippen LogP contribution in [-0.4, -0.2) is 11.8 Å². The molecule has 0 bridgehead atoms. The molecule has 1 aliphatic rings. The fourth-order valence-corrected chi connectivity index (χ4v) is 0.429. The molecule has 0 aromatic heterocycles. The minimum atomic E-state index is -0.106. The third-order valence-corrected chi connectivity index (χ3v) is 1.12. The zero-order chi connectivity index (χ0) is 4.57. The first-order chi connectivity index (χ1) is 2.80. The van der Waals surface area contributed by atoms with Crippen molar-refractivity contribution in [2.45, 2.75) is 18.9 Å². The highest BCUT2D eigenvalue weighted by Crippen LogP contribution is 2.09. The standard InChI is InChI=1S/C4H7NO/c5-3-1-2-4(3)6/h3H,1-2,5H2/t3-/m1/s1. The van der Waals surface area contributed by atoms with Crippen LogP contribution >= 0.6 is 0 Å². The minimum absolute atomic E-state index is 0.106. The molecule has 2 nitrogen and oxygen atoms in total. The van der Waals surface area contributed by atoms with Gasteiger partial charge in [-0.05, 0) is 6.42 Å². The SMILES string of the molecule is N[C@@H]1CCC1=O. The zero-order valence-electron chi connectivity index (χ0n) is 3.48. The molecule has 0 heterocycles. The van der Waals surface area contributed by atoms with Gasteiger partial charge in [-0.2, -0.15) is 0 Å². The van der Waals surface area contributed by atoms with E-state index in [9.17, 15) is 4.79 Å². The van der Waals surface area contributed by atoms with Gasteiger partial charge >= 0.3 is 0 Å². The Morgan fingerprint density at radius 1 is 1.83 bits per heavy atom. The number of Topliss-reactive ketones (excluding diaryl/α,β-unsaturated/α-hetero) is 1. The summed E-state index contributed by atoms with van der Waals surface area (Å²) < 4.78 is 0. The molecule has 2 heteroatoms. The number of hydrogen-bond donors (Lipinski definition) is 1. The second-order valence-corrected chi connectivity index (χ2v) is 1.61. The molecule has 1 aliphatic carbocycles. The van der Waals surface area contributed by atoms with Crippen LogP contribution in [0.2, 0.25) is 0 Å².